The molecule has 8 heteroatoms. The third-order valence-electron chi connectivity index (χ3n) is 1.97. The average molecular weight is 279 g/mol. The van der Waals surface area contributed by atoms with Crippen molar-refractivity contribution < 1.29 is 31.3 Å². The first-order valence-electron chi connectivity index (χ1n) is 4.67. The molecule has 0 aromatic heterocycles. The molecule has 1 atom stereocenters. The number of halogens is 2. The molecule has 0 fully saturated rings. The highest BCUT2D eigenvalue weighted by atomic mass is 32.2. The largest absolute Gasteiger partial charge is 0.544 e. The van der Waals surface area contributed by atoms with Gasteiger partial charge in [0.25, 0.3) is 10.1 Å². The Hall–Kier alpha value is -1.54. The number of carboxylic acid groups (broad SMARTS) is 1. The van der Waals surface area contributed by atoms with Crippen LogP contribution in [0.4, 0.5) is 8.78 Å². The number of alkyl halides is 2. The lowest BCUT2D eigenvalue weighted by atomic mass is 10.0. The molecule has 0 amide bonds. The van der Waals surface area contributed by atoms with Crippen LogP contribution in [0.1, 0.15) is 11.7 Å². The zero-order valence-electron chi connectivity index (χ0n) is 9.17. The fraction of sp³-hybridized carbons (Fsp3) is 0.300. The SMILES string of the molecule is CS(=O)(=O)OC(c1ccccc1)C(F)(F)C(=O)[O-]. The molecule has 1 rings (SSSR count). The van der Waals surface area contributed by atoms with Crippen molar-refractivity contribution in [3.63, 3.8) is 0 Å². The van der Waals surface area contributed by atoms with E-state index in [0.717, 1.165) is 12.1 Å². The number of carbonyl (C=O) groups is 1. The molecule has 100 valence electrons. The highest BCUT2D eigenvalue weighted by Crippen LogP contribution is 2.35. The van der Waals surface area contributed by atoms with Crippen LogP contribution in [0.25, 0.3) is 0 Å². The van der Waals surface area contributed by atoms with Crippen molar-refractivity contribution in [3.05, 3.63) is 35.9 Å². The van der Waals surface area contributed by atoms with Crippen LogP contribution in [-0.4, -0.2) is 26.6 Å². The van der Waals surface area contributed by atoms with Crippen molar-refractivity contribution in [1.29, 1.82) is 0 Å². The second-order valence-corrected chi connectivity index (χ2v) is 5.10. The van der Waals surface area contributed by atoms with Gasteiger partial charge in [-0.15, -0.1) is 0 Å². The zero-order chi connectivity index (χ0) is 14.0. The van der Waals surface area contributed by atoms with Crippen LogP contribution in [0.3, 0.4) is 0 Å². The smallest absolute Gasteiger partial charge is 0.318 e. The lowest BCUT2D eigenvalue weighted by Gasteiger charge is -2.26. The Kier molecular flexibility index (Phi) is 4.02. The van der Waals surface area contributed by atoms with E-state index < -0.39 is 28.1 Å². The molecule has 0 radical (unpaired) electrons. The van der Waals surface area contributed by atoms with Crippen molar-refractivity contribution in [2.24, 2.45) is 0 Å². The van der Waals surface area contributed by atoms with Crippen molar-refractivity contribution in [2.75, 3.05) is 6.26 Å². The van der Waals surface area contributed by atoms with Crippen molar-refractivity contribution in [3.8, 4) is 0 Å². The number of aliphatic carboxylic acids is 1. The first-order chi connectivity index (χ1) is 8.14. The molecular weight excluding hydrogens is 270 g/mol. The topological polar surface area (TPSA) is 83.5 Å². The van der Waals surface area contributed by atoms with Gasteiger partial charge in [0, 0.05) is 0 Å². The van der Waals surface area contributed by atoms with E-state index >= 15 is 0 Å². The summed E-state index contributed by atoms with van der Waals surface area (Å²) in [5.41, 5.74) is -0.280. The fourth-order valence-corrected chi connectivity index (χ4v) is 1.82. The van der Waals surface area contributed by atoms with E-state index in [0.29, 0.717) is 6.26 Å². The average Bonchev–Trinajstić information content (AvgIpc) is 2.25. The first-order valence-corrected chi connectivity index (χ1v) is 6.48. The third kappa shape index (κ3) is 3.47. The summed E-state index contributed by atoms with van der Waals surface area (Å²) in [5.74, 6) is -7.18. The maximum absolute atomic E-state index is 13.4. The number of carboxylic acids is 1. The van der Waals surface area contributed by atoms with Crippen LogP contribution in [0.5, 0.6) is 0 Å². The monoisotopic (exact) mass is 279 g/mol. The Labute approximate surface area is 102 Å². The van der Waals surface area contributed by atoms with Gasteiger partial charge in [0.2, 0.25) is 0 Å². The predicted octanol–water partition coefficient (Wildman–Crippen LogP) is 0.0891. The van der Waals surface area contributed by atoms with Crippen molar-refractivity contribution >= 4 is 16.1 Å². The number of hydrogen-bond donors (Lipinski definition) is 0. The van der Waals surface area contributed by atoms with Gasteiger partial charge in [-0.2, -0.15) is 17.2 Å². The van der Waals surface area contributed by atoms with Gasteiger partial charge in [0.15, 0.2) is 6.10 Å². The Bertz CT molecular complexity index is 526. The summed E-state index contributed by atoms with van der Waals surface area (Å²) >= 11 is 0. The number of carbonyl (C=O) groups excluding carboxylic acids is 1. The molecule has 0 spiro atoms. The van der Waals surface area contributed by atoms with E-state index in [4.69, 9.17) is 0 Å². The summed E-state index contributed by atoms with van der Waals surface area (Å²) in [5, 5.41) is 10.4. The minimum Gasteiger partial charge on any atom is -0.544 e. The summed E-state index contributed by atoms with van der Waals surface area (Å²) in [6.45, 7) is 0. The maximum atomic E-state index is 13.4. The molecule has 0 aliphatic heterocycles. The highest BCUT2D eigenvalue weighted by molar-refractivity contribution is 7.86. The zero-order valence-corrected chi connectivity index (χ0v) is 9.99. The van der Waals surface area contributed by atoms with E-state index in [-0.39, 0.29) is 5.56 Å². The molecule has 0 aliphatic carbocycles. The first kappa shape index (κ1) is 14.5. The number of benzene rings is 1. The van der Waals surface area contributed by atoms with Gasteiger partial charge in [-0.3, -0.25) is 4.18 Å². The van der Waals surface area contributed by atoms with Gasteiger partial charge < -0.3 is 9.90 Å². The minimum atomic E-state index is -4.47. The molecule has 0 aliphatic rings. The van der Waals surface area contributed by atoms with E-state index in [1.165, 1.54) is 18.2 Å². The Morgan fingerprint density at radius 3 is 2.22 bits per heavy atom. The maximum Gasteiger partial charge on any atom is 0.318 e. The summed E-state index contributed by atoms with van der Waals surface area (Å²) in [6, 6.07) is 6.45. The predicted molar refractivity (Wildman–Crippen MR) is 55.1 cm³/mol. The number of rotatable bonds is 5. The second-order valence-electron chi connectivity index (χ2n) is 3.50. The standard InChI is InChI=1S/C10H10F2O5S/c1-18(15,16)17-8(10(11,12)9(13)14)7-5-3-2-4-6-7/h2-6,8H,1H3,(H,13,14)/p-1. The van der Waals surface area contributed by atoms with Crippen LogP contribution < -0.4 is 5.11 Å². The van der Waals surface area contributed by atoms with Crippen LogP contribution in [0, 0.1) is 0 Å². The lowest BCUT2D eigenvalue weighted by molar-refractivity contribution is -0.335. The van der Waals surface area contributed by atoms with Gasteiger partial charge in [-0.1, -0.05) is 30.3 Å². The van der Waals surface area contributed by atoms with Crippen LogP contribution in [0.2, 0.25) is 0 Å². The molecule has 0 bridgehead atoms. The van der Waals surface area contributed by atoms with Gasteiger partial charge in [0.1, 0.15) is 5.97 Å². The number of hydrogen-bond acceptors (Lipinski definition) is 5. The van der Waals surface area contributed by atoms with Gasteiger partial charge >= 0.3 is 5.92 Å². The molecular formula is C10H9F2O5S-. The Morgan fingerprint density at radius 2 is 1.83 bits per heavy atom. The normalized spacial score (nSPS) is 14.2. The molecule has 1 aromatic rings. The Balaban J connectivity index is 3.24. The second kappa shape index (κ2) is 4.99. The summed E-state index contributed by atoms with van der Waals surface area (Å²) in [4.78, 5) is 10.4. The molecule has 0 saturated carbocycles. The fourth-order valence-electron chi connectivity index (χ4n) is 1.23. The van der Waals surface area contributed by atoms with E-state index in [1.54, 1.807) is 0 Å². The van der Waals surface area contributed by atoms with Crippen LogP contribution in [-0.2, 0) is 19.1 Å². The summed E-state index contributed by atoms with van der Waals surface area (Å²) < 4.78 is 52.7. The molecule has 5 nitrogen and oxygen atoms in total. The summed E-state index contributed by atoms with van der Waals surface area (Å²) in [6.07, 6.45) is -1.91. The molecule has 0 heterocycles. The van der Waals surface area contributed by atoms with Gasteiger partial charge in [-0.25, -0.2) is 0 Å². The molecule has 18 heavy (non-hydrogen) atoms. The van der Waals surface area contributed by atoms with Crippen LogP contribution >= 0.6 is 0 Å². The molecule has 0 N–H and O–H groups in total. The summed E-state index contributed by atoms with van der Waals surface area (Å²) in [7, 11) is -4.26. The Morgan fingerprint density at radius 1 is 1.33 bits per heavy atom. The lowest BCUT2D eigenvalue weighted by Crippen LogP contribution is -2.47. The van der Waals surface area contributed by atoms with E-state index in [1.807, 2.05) is 0 Å². The molecule has 1 aromatic carbocycles. The van der Waals surface area contributed by atoms with E-state index in [2.05, 4.69) is 4.18 Å². The van der Waals surface area contributed by atoms with Crippen molar-refractivity contribution in [2.45, 2.75) is 12.0 Å². The molecule has 1 unspecified atom stereocenters. The quantitative estimate of drug-likeness (QED) is 0.713. The minimum absolute atomic E-state index is 0.280. The van der Waals surface area contributed by atoms with Crippen LogP contribution in [0.15, 0.2) is 30.3 Å². The molecule has 0 saturated heterocycles. The highest BCUT2D eigenvalue weighted by Gasteiger charge is 2.45. The van der Waals surface area contributed by atoms with Gasteiger partial charge in [-0.05, 0) is 5.56 Å². The van der Waals surface area contributed by atoms with Crippen molar-refractivity contribution in [1.82, 2.24) is 0 Å². The van der Waals surface area contributed by atoms with Gasteiger partial charge in [0.05, 0.1) is 6.26 Å². The van der Waals surface area contributed by atoms with E-state index in [9.17, 15) is 27.1 Å². The third-order valence-corrected chi connectivity index (χ3v) is 2.52.